The van der Waals surface area contributed by atoms with Gasteiger partial charge in [0, 0.05) is 17.3 Å². The molecular weight excluding hydrogens is 455 g/mol. The Kier molecular flexibility index (Phi) is 9.86. The number of rotatable bonds is 10. The molecule has 1 aliphatic carbocycles. The number of nitrogens with two attached hydrogens (primary N) is 3. The number of aromatic nitrogens is 1. The molecule has 0 radical (unpaired) electrons. The Hall–Kier alpha value is -3.40. The molecule has 1 unspecified atom stereocenters. The van der Waals surface area contributed by atoms with Crippen LogP contribution in [-0.2, 0) is 0 Å². The summed E-state index contributed by atoms with van der Waals surface area (Å²) in [5.41, 5.74) is 11.0. The summed E-state index contributed by atoms with van der Waals surface area (Å²) >= 11 is 0. The highest BCUT2D eigenvalue weighted by Crippen LogP contribution is 2.41. The fourth-order valence-electron chi connectivity index (χ4n) is 4.34. The van der Waals surface area contributed by atoms with Gasteiger partial charge in [0.2, 0.25) is 5.95 Å². The number of likely N-dealkylation sites (tertiary alicyclic amines) is 1. The zero-order chi connectivity index (χ0) is 26.1. The van der Waals surface area contributed by atoms with Crippen LogP contribution in [0.25, 0.3) is 0 Å². The van der Waals surface area contributed by atoms with Gasteiger partial charge in [0.25, 0.3) is 0 Å². The second kappa shape index (κ2) is 13.1. The van der Waals surface area contributed by atoms with Crippen molar-refractivity contribution in [2.75, 3.05) is 20.1 Å². The fraction of sp³-hybridized carbons (Fsp3) is 0.370. The van der Waals surface area contributed by atoms with Crippen LogP contribution in [0.1, 0.15) is 54.5 Å². The molecule has 8 N–H and O–H groups in total. The smallest absolute Gasteiger partial charge is 0.216 e. The first-order chi connectivity index (χ1) is 17.3. The molecule has 2 heterocycles. The third-order valence-electron chi connectivity index (χ3n) is 6.41. The number of hydrazine groups is 2. The van der Waals surface area contributed by atoms with Crippen LogP contribution in [0.15, 0.2) is 79.4 Å². The predicted molar refractivity (Wildman–Crippen MR) is 143 cm³/mol. The largest absolute Gasteiger partial charge is 0.383 e. The Morgan fingerprint density at radius 2 is 1.97 bits per heavy atom. The molecule has 2 fully saturated rings. The average Bonchev–Trinajstić information content (AvgIpc) is 3.62. The van der Waals surface area contributed by atoms with Crippen molar-refractivity contribution in [3.05, 3.63) is 102 Å². The van der Waals surface area contributed by atoms with Crippen LogP contribution in [0, 0.1) is 5.95 Å². The molecule has 0 bridgehead atoms. The normalized spacial score (nSPS) is 18.6. The van der Waals surface area contributed by atoms with E-state index in [0.717, 1.165) is 42.6 Å². The van der Waals surface area contributed by atoms with Gasteiger partial charge in [-0.2, -0.15) is 4.39 Å². The molecule has 4 rings (SSSR count). The topological polar surface area (TPSA) is 121 Å². The third kappa shape index (κ3) is 7.55. The van der Waals surface area contributed by atoms with Crippen LogP contribution in [-0.4, -0.2) is 41.1 Å². The number of likely N-dealkylation sites (N-methyl/N-ethyl adjacent to an activating group) is 1. The highest BCUT2D eigenvalue weighted by molar-refractivity contribution is 5.32. The minimum atomic E-state index is -0.323. The van der Waals surface area contributed by atoms with Crippen molar-refractivity contribution in [1.29, 1.82) is 0 Å². The van der Waals surface area contributed by atoms with E-state index in [1.54, 1.807) is 6.08 Å². The first kappa shape index (κ1) is 27.2. The van der Waals surface area contributed by atoms with Crippen molar-refractivity contribution in [2.24, 2.45) is 17.4 Å². The molecule has 0 amide bonds. The third-order valence-corrected chi connectivity index (χ3v) is 6.41. The van der Waals surface area contributed by atoms with Crippen molar-refractivity contribution in [2.45, 2.75) is 43.7 Å². The molecule has 2 aromatic rings. The molecule has 0 spiro atoms. The van der Waals surface area contributed by atoms with E-state index in [-0.39, 0.29) is 12.0 Å². The number of benzene rings is 1. The summed E-state index contributed by atoms with van der Waals surface area (Å²) in [7, 11) is 2.13. The summed E-state index contributed by atoms with van der Waals surface area (Å²) in [5.74, 6) is 10.7. The second-order valence-corrected chi connectivity index (χ2v) is 9.26. The van der Waals surface area contributed by atoms with Gasteiger partial charge in [-0.15, -0.1) is 6.58 Å². The summed E-state index contributed by atoms with van der Waals surface area (Å²) in [6.45, 7) is 9.39. The van der Waals surface area contributed by atoms with E-state index in [9.17, 15) is 4.39 Å². The maximum Gasteiger partial charge on any atom is 0.216 e. The summed E-state index contributed by atoms with van der Waals surface area (Å²) in [5, 5.41) is 4.91. The lowest BCUT2D eigenvalue weighted by Gasteiger charge is -2.28. The molecule has 1 aromatic heterocycles. The quantitative estimate of drug-likeness (QED) is 0.148. The number of nitrogens with zero attached hydrogens (tertiary/aromatic N) is 3. The van der Waals surface area contributed by atoms with Gasteiger partial charge in [0.05, 0.1) is 24.5 Å². The molecular formula is C27H39FN8. The Morgan fingerprint density at radius 1 is 1.25 bits per heavy atom. The summed E-state index contributed by atoms with van der Waals surface area (Å²) in [6, 6.07) is 14.1. The highest BCUT2D eigenvalue weighted by atomic mass is 19.1. The van der Waals surface area contributed by atoms with Gasteiger partial charge in [-0.3, -0.25) is 4.90 Å². The van der Waals surface area contributed by atoms with Crippen molar-refractivity contribution < 1.29 is 4.39 Å². The van der Waals surface area contributed by atoms with Crippen molar-refractivity contribution in [3.63, 3.8) is 0 Å². The van der Waals surface area contributed by atoms with Gasteiger partial charge in [0.1, 0.15) is 5.82 Å². The average molecular weight is 495 g/mol. The minimum Gasteiger partial charge on any atom is -0.383 e. The van der Waals surface area contributed by atoms with E-state index in [0.29, 0.717) is 30.0 Å². The van der Waals surface area contributed by atoms with Crippen LogP contribution < -0.4 is 28.2 Å². The van der Waals surface area contributed by atoms with E-state index in [1.165, 1.54) is 17.6 Å². The molecule has 2 atom stereocenters. The van der Waals surface area contributed by atoms with Gasteiger partial charge in [-0.1, -0.05) is 49.1 Å². The van der Waals surface area contributed by atoms with E-state index in [1.807, 2.05) is 30.3 Å². The van der Waals surface area contributed by atoms with E-state index in [4.69, 9.17) is 17.4 Å². The van der Waals surface area contributed by atoms with E-state index in [2.05, 4.69) is 53.0 Å². The highest BCUT2D eigenvalue weighted by Gasteiger charge is 2.29. The van der Waals surface area contributed by atoms with Crippen molar-refractivity contribution >= 4 is 0 Å². The predicted octanol–water partition coefficient (Wildman–Crippen LogP) is 2.95. The molecule has 1 saturated carbocycles. The van der Waals surface area contributed by atoms with Crippen molar-refractivity contribution in [1.82, 2.24) is 25.6 Å². The van der Waals surface area contributed by atoms with Gasteiger partial charge in [-0.05, 0) is 56.8 Å². The number of nitrogens with one attached hydrogen (secondary N) is 2. The second-order valence-electron chi connectivity index (χ2n) is 9.26. The molecule has 9 heteroatoms. The Labute approximate surface area is 213 Å². The SMILES string of the molecule is C=C(N[C@@H](c1ccccc1)c1ccc(C2CC2)c(F)n1)C1CCCN1C.C=CCN(N)/C=C(\N)NN. The van der Waals surface area contributed by atoms with E-state index >= 15 is 0 Å². The molecule has 194 valence electrons. The fourth-order valence-corrected chi connectivity index (χ4v) is 4.34. The molecule has 1 aliphatic heterocycles. The van der Waals surface area contributed by atoms with Crippen LogP contribution in [0.5, 0.6) is 0 Å². The van der Waals surface area contributed by atoms with Gasteiger partial charge in [-0.25, -0.2) is 16.7 Å². The molecule has 1 saturated heterocycles. The summed E-state index contributed by atoms with van der Waals surface area (Å²) in [4.78, 5) is 6.65. The maximum atomic E-state index is 14.5. The Balaban J connectivity index is 0.000000308. The maximum absolute atomic E-state index is 14.5. The van der Waals surface area contributed by atoms with Crippen LogP contribution in [0.2, 0.25) is 0 Å². The lowest BCUT2D eigenvalue weighted by molar-refractivity contribution is 0.330. The summed E-state index contributed by atoms with van der Waals surface area (Å²) in [6.07, 6.45) is 7.56. The summed E-state index contributed by atoms with van der Waals surface area (Å²) < 4.78 is 14.5. The van der Waals surface area contributed by atoms with Gasteiger partial charge < -0.3 is 21.5 Å². The number of hydrogen-bond acceptors (Lipinski definition) is 8. The molecule has 2 aliphatic rings. The van der Waals surface area contributed by atoms with Crippen LogP contribution in [0.3, 0.4) is 0 Å². The van der Waals surface area contributed by atoms with Crippen LogP contribution >= 0.6 is 0 Å². The monoisotopic (exact) mass is 494 g/mol. The molecule has 36 heavy (non-hydrogen) atoms. The molecule has 8 nitrogen and oxygen atoms in total. The van der Waals surface area contributed by atoms with Gasteiger partial charge in [0.15, 0.2) is 0 Å². The van der Waals surface area contributed by atoms with Crippen molar-refractivity contribution in [3.8, 4) is 0 Å². The zero-order valence-corrected chi connectivity index (χ0v) is 21.0. The standard InChI is InChI=1S/C22H26FN3.C5H13N5/c1-15(20-9-6-14-26(20)2)24-21(17-7-4-3-5-8-17)19-13-12-18(16-10-11-16)22(23)25-19;1-2-3-10(8)4-5(6)9-7/h3-5,7-8,12-13,16,20-21,24H,1,6,9-11,14H2,2H3;2,4,9H,1,3,6-8H2/b;5-4+/t20?,21-;/m0./s1. The first-order valence-electron chi connectivity index (χ1n) is 12.3. The molecule has 1 aromatic carbocycles. The Morgan fingerprint density at radius 3 is 2.53 bits per heavy atom. The lowest BCUT2D eigenvalue weighted by atomic mass is 10.0. The first-order valence-corrected chi connectivity index (χ1v) is 12.3. The number of halogens is 1. The Bertz CT molecular complexity index is 1040. The van der Waals surface area contributed by atoms with Crippen LogP contribution in [0.4, 0.5) is 4.39 Å². The minimum absolute atomic E-state index is 0.194. The van der Waals surface area contributed by atoms with E-state index < -0.39 is 0 Å². The zero-order valence-electron chi connectivity index (χ0n) is 21.0. The number of pyridine rings is 1. The van der Waals surface area contributed by atoms with Gasteiger partial charge >= 0.3 is 0 Å². The number of hydrogen-bond donors (Lipinski definition) is 5. The lowest BCUT2D eigenvalue weighted by Crippen LogP contribution is -2.35.